The monoisotopic (exact) mass is 285 g/mol. The van der Waals surface area contributed by atoms with Gasteiger partial charge >= 0.3 is 0 Å². The molecule has 0 spiro atoms. The van der Waals surface area contributed by atoms with Gasteiger partial charge in [-0.2, -0.15) is 5.26 Å². The Labute approximate surface area is 127 Å². The van der Waals surface area contributed by atoms with Crippen LogP contribution in [0.15, 0.2) is 24.3 Å². The first-order valence-corrected chi connectivity index (χ1v) is 7.41. The Bertz CT molecular complexity index is 536. The highest BCUT2D eigenvalue weighted by Crippen LogP contribution is 2.39. The molecule has 1 fully saturated rings. The molecule has 0 bridgehead atoms. The summed E-state index contributed by atoms with van der Waals surface area (Å²) >= 11 is 0. The SMILES string of the molecule is CN(Cc1ccc(N(C)C)cc1)C(=O)C1(C#N)CCCC1. The average Bonchev–Trinajstić information content (AvgIpc) is 2.97. The minimum absolute atomic E-state index is 0.0285. The molecule has 0 heterocycles. The van der Waals surface area contributed by atoms with E-state index in [1.54, 1.807) is 11.9 Å². The fraction of sp³-hybridized carbons (Fsp3) is 0.529. The standard InChI is InChI=1S/C17H23N3O/c1-19(2)15-8-6-14(7-9-15)12-20(3)16(21)17(13-18)10-4-5-11-17/h6-9H,4-5,10-12H2,1-3H3. The lowest BCUT2D eigenvalue weighted by Gasteiger charge is -2.26. The molecule has 0 aliphatic heterocycles. The fourth-order valence-corrected chi connectivity index (χ4v) is 2.96. The van der Waals surface area contributed by atoms with Crippen molar-refractivity contribution in [1.82, 2.24) is 4.90 Å². The summed E-state index contributed by atoms with van der Waals surface area (Å²) in [5.74, 6) is -0.0285. The van der Waals surface area contributed by atoms with Gasteiger partial charge in [0.2, 0.25) is 5.91 Å². The molecule has 112 valence electrons. The molecule has 1 aromatic rings. The van der Waals surface area contributed by atoms with Gasteiger partial charge in [-0.05, 0) is 30.5 Å². The van der Waals surface area contributed by atoms with Crippen LogP contribution in [0.4, 0.5) is 5.69 Å². The van der Waals surface area contributed by atoms with Crippen LogP contribution >= 0.6 is 0 Å². The van der Waals surface area contributed by atoms with Crippen LogP contribution in [0.2, 0.25) is 0 Å². The van der Waals surface area contributed by atoms with Crippen molar-refractivity contribution in [3.63, 3.8) is 0 Å². The number of benzene rings is 1. The summed E-state index contributed by atoms with van der Waals surface area (Å²) < 4.78 is 0. The van der Waals surface area contributed by atoms with E-state index >= 15 is 0 Å². The van der Waals surface area contributed by atoms with Crippen molar-refractivity contribution in [2.75, 3.05) is 26.0 Å². The van der Waals surface area contributed by atoms with Gasteiger partial charge < -0.3 is 9.80 Å². The van der Waals surface area contributed by atoms with Gasteiger partial charge in [-0.25, -0.2) is 0 Å². The van der Waals surface area contributed by atoms with E-state index in [0.717, 1.165) is 24.1 Å². The Kier molecular flexibility index (Phi) is 4.52. The van der Waals surface area contributed by atoms with E-state index in [1.807, 2.05) is 43.3 Å². The second-order valence-corrected chi connectivity index (χ2v) is 6.12. The summed E-state index contributed by atoms with van der Waals surface area (Å²) in [7, 11) is 5.79. The van der Waals surface area contributed by atoms with Gasteiger partial charge in [-0.1, -0.05) is 25.0 Å². The quantitative estimate of drug-likeness (QED) is 0.854. The predicted molar refractivity (Wildman–Crippen MR) is 83.8 cm³/mol. The van der Waals surface area contributed by atoms with Crippen LogP contribution in [0.25, 0.3) is 0 Å². The van der Waals surface area contributed by atoms with Gasteiger partial charge in [-0.15, -0.1) is 0 Å². The molecule has 1 aliphatic rings. The molecule has 1 aromatic carbocycles. The third-order valence-electron chi connectivity index (χ3n) is 4.30. The molecule has 2 rings (SSSR count). The van der Waals surface area contributed by atoms with Crippen LogP contribution in [0, 0.1) is 16.7 Å². The van der Waals surface area contributed by atoms with E-state index in [1.165, 1.54) is 0 Å². The molecular formula is C17H23N3O. The highest BCUT2D eigenvalue weighted by Gasteiger charge is 2.43. The van der Waals surface area contributed by atoms with Crippen LogP contribution in [-0.2, 0) is 11.3 Å². The van der Waals surface area contributed by atoms with Crippen LogP contribution in [0.3, 0.4) is 0 Å². The zero-order valence-corrected chi connectivity index (χ0v) is 13.1. The average molecular weight is 285 g/mol. The topological polar surface area (TPSA) is 47.3 Å². The number of nitriles is 1. The van der Waals surface area contributed by atoms with Crippen LogP contribution in [0.5, 0.6) is 0 Å². The lowest BCUT2D eigenvalue weighted by Crippen LogP contribution is -2.39. The van der Waals surface area contributed by atoms with Gasteiger partial charge in [-0.3, -0.25) is 4.79 Å². The number of nitrogens with zero attached hydrogens (tertiary/aromatic N) is 3. The van der Waals surface area contributed by atoms with Crippen molar-refractivity contribution in [2.24, 2.45) is 5.41 Å². The molecule has 0 radical (unpaired) electrons. The third kappa shape index (κ3) is 3.18. The fourth-order valence-electron chi connectivity index (χ4n) is 2.96. The molecule has 0 aromatic heterocycles. The minimum Gasteiger partial charge on any atom is -0.378 e. The Morgan fingerprint density at radius 3 is 2.24 bits per heavy atom. The normalized spacial score (nSPS) is 16.3. The van der Waals surface area contributed by atoms with E-state index < -0.39 is 5.41 Å². The second kappa shape index (κ2) is 6.17. The number of anilines is 1. The van der Waals surface area contributed by atoms with Crippen molar-refractivity contribution in [1.29, 1.82) is 5.26 Å². The summed E-state index contributed by atoms with van der Waals surface area (Å²) in [6.45, 7) is 0.552. The second-order valence-electron chi connectivity index (χ2n) is 6.12. The first kappa shape index (κ1) is 15.4. The number of carbonyl (C=O) groups excluding carboxylic acids is 1. The molecule has 0 saturated heterocycles. The number of hydrogen-bond acceptors (Lipinski definition) is 3. The maximum atomic E-state index is 12.6. The highest BCUT2D eigenvalue weighted by atomic mass is 16.2. The Morgan fingerprint density at radius 2 is 1.76 bits per heavy atom. The summed E-state index contributed by atoms with van der Waals surface area (Å²) in [6, 6.07) is 10.4. The summed E-state index contributed by atoms with van der Waals surface area (Å²) in [6.07, 6.45) is 3.35. The van der Waals surface area contributed by atoms with Crippen molar-refractivity contribution >= 4 is 11.6 Å². The van der Waals surface area contributed by atoms with Crippen molar-refractivity contribution in [2.45, 2.75) is 32.2 Å². The molecular weight excluding hydrogens is 262 g/mol. The Morgan fingerprint density at radius 1 is 1.19 bits per heavy atom. The smallest absolute Gasteiger partial charge is 0.243 e. The molecule has 0 N–H and O–H groups in total. The third-order valence-corrected chi connectivity index (χ3v) is 4.30. The zero-order chi connectivity index (χ0) is 15.5. The summed E-state index contributed by atoms with van der Waals surface area (Å²) in [4.78, 5) is 16.3. The van der Waals surface area contributed by atoms with Gasteiger partial charge in [0.15, 0.2) is 0 Å². The molecule has 0 atom stereocenters. The minimum atomic E-state index is -0.779. The van der Waals surface area contributed by atoms with Gasteiger partial charge in [0.1, 0.15) is 5.41 Å². The van der Waals surface area contributed by atoms with E-state index in [9.17, 15) is 10.1 Å². The summed E-state index contributed by atoms with van der Waals surface area (Å²) in [5, 5.41) is 9.40. The molecule has 4 heteroatoms. The lowest BCUT2D eigenvalue weighted by molar-refractivity contribution is -0.138. The first-order valence-electron chi connectivity index (χ1n) is 7.41. The van der Waals surface area contributed by atoms with Crippen molar-refractivity contribution < 1.29 is 4.79 Å². The van der Waals surface area contributed by atoms with Gasteiger partial charge in [0, 0.05) is 33.4 Å². The van der Waals surface area contributed by atoms with Crippen molar-refractivity contribution in [3.05, 3.63) is 29.8 Å². The maximum absolute atomic E-state index is 12.6. The molecule has 1 amide bonds. The molecule has 21 heavy (non-hydrogen) atoms. The maximum Gasteiger partial charge on any atom is 0.243 e. The predicted octanol–water partition coefficient (Wildman–Crippen LogP) is 2.79. The van der Waals surface area contributed by atoms with Crippen molar-refractivity contribution in [3.8, 4) is 6.07 Å². The van der Waals surface area contributed by atoms with E-state index in [2.05, 4.69) is 6.07 Å². The highest BCUT2D eigenvalue weighted by molar-refractivity contribution is 5.85. The van der Waals surface area contributed by atoms with Crippen LogP contribution < -0.4 is 4.90 Å². The first-order chi connectivity index (χ1) is 9.98. The molecule has 1 saturated carbocycles. The van der Waals surface area contributed by atoms with E-state index in [0.29, 0.717) is 19.4 Å². The van der Waals surface area contributed by atoms with Gasteiger partial charge in [0.05, 0.1) is 6.07 Å². The Balaban J connectivity index is 2.05. The molecule has 0 unspecified atom stereocenters. The van der Waals surface area contributed by atoms with E-state index in [4.69, 9.17) is 0 Å². The zero-order valence-electron chi connectivity index (χ0n) is 13.1. The number of carbonyl (C=O) groups is 1. The van der Waals surface area contributed by atoms with E-state index in [-0.39, 0.29) is 5.91 Å². The Hall–Kier alpha value is -2.02. The summed E-state index contributed by atoms with van der Waals surface area (Å²) in [5.41, 5.74) is 1.44. The number of rotatable bonds is 4. The number of hydrogen-bond donors (Lipinski definition) is 0. The molecule has 1 aliphatic carbocycles. The van der Waals surface area contributed by atoms with Crippen LogP contribution in [-0.4, -0.2) is 32.0 Å². The molecule has 4 nitrogen and oxygen atoms in total. The van der Waals surface area contributed by atoms with Crippen LogP contribution in [0.1, 0.15) is 31.2 Å². The number of amides is 1. The lowest BCUT2D eigenvalue weighted by atomic mass is 9.86. The largest absolute Gasteiger partial charge is 0.378 e. The van der Waals surface area contributed by atoms with Gasteiger partial charge in [0.25, 0.3) is 0 Å².